The number of hydrogen-bond donors (Lipinski definition) is 0. The second-order valence-corrected chi connectivity index (χ2v) is 8.11. The van der Waals surface area contributed by atoms with E-state index in [9.17, 15) is 0 Å². The topological polar surface area (TPSA) is 9.23 Å². The molecule has 0 aliphatic heterocycles. The minimum atomic E-state index is -1.61. The van der Waals surface area contributed by atoms with Crippen LogP contribution >= 0.6 is 0 Å². The Labute approximate surface area is 100 Å². The highest BCUT2D eigenvalue weighted by atomic mass is 28.4. The summed E-state index contributed by atoms with van der Waals surface area (Å²) < 4.78 is 6.00. The minimum Gasteiger partial charge on any atom is -0.413 e. The van der Waals surface area contributed by atoms with Crippen LogP contribution in [0.2, 0.25) is 12.1 Å². The summed E-state index contributed by atoms with van der Waals surface area (Å²) in [6.07, 6.45) is 2.22. The first kappa shape index (κ1) is 13.2. The third-order valence-electron chi connectivity index (χ3n) is 3.01. The van der Waals surface area contributed by atoms with Gasteiger partial charge in [0.25, 0.3) is 0 Å². The van der Waals surface area contributed by atoms with E-state index in [-0.39, 0.29) is 0 Å². The van der Waals surface area contributed by atoms with Gasteiger partial charge in [-0.25, -0.2) is 0 Å². The van der Waals surface area contributed by atoms with Crippen LogP contribution in [0.15, 0.2) is 36.0 Å². The molecule has 0 N–H and O–H groups in total. The molecular formula is C14H22OSi. The minimum absolute atomic E-state index is 0.826. The Kier molecular flexibility index (Phi) is 5.50. The van der Waals surface area contributed by atoms with Crippen LogP contribution in [0.25, 0.3) is 6.08 Å². The summed E-state index contributed by atoms with van der Waals surface area (Å²) in [5.41, 5.74) is 3.60. The molecule has 1 aromatic rings. The lowest BCUT2D eigenvalue weighted by Gasteiger charge is -2.24. The van der Waals surface area contributed by atoms with Crippen molar-refractivity contribution in [1.29, 1.82) is 0 Å². The molecule has 0 amide bonds. The van der Waals surface area contributed by atoms with E-state index in [1.807, 2.05) is 6.07 Å². The molecule has 0 heterocycles. The number of hydrogen-bond acceptors (Lipinski definition) is 1. The van der Waals surface area contributed by atoms with Gasteiger partial charge in [0.1, 0.15) is 0 Å². The molecule has 0 saturated heterocycles. The highest BCUT2D eigenvalue weighted by Crippen LogP contribution is 2.19. The summed E-state index contributed by atoms with van der Waals surface area (Å²) in [6, 6.07) is 12.8. The molecule has 0 aromatic heterocycles. The van der Waals surface area contributed by atoms with Gasteiger partial charge in [0, 0.05) is 6.61 Å². The molecule has 0 saturated carbocycles. The molecule has 88 valence electrons. The second kappa shape index (κ2) is 6.66. The molecule has 0 atom stereocenters. The van der Waals surface area contributed by atoms with Crippen LogP contribution < -0.4 is 0 Å². The third kappa shape index (κ3) is 3.61. The summed E-state index contributed by atoms with van der Waals surface area (Å²) in [4.78, 5) is 0. The summed E-state index contributed by atoms with van der Waals surface area (Å²) in [5.74, 6) is 0. The molecule has 0 aliphatic carbocycles. The average Bonchev–Trinajstić information content (AvgIpc) is 2.36. The van der Waals surface area contributed by atoms with Gasteiger partial charge >= 0.3 is 0 Å². The zero-order valence-electron chi connectivity index (χ0n) is 10.6. The Morgan fingerprint density at radius 3 is 2.19 bits per heavy atom. The molecule has 0 unspecified atom stereocenters. The lowest BCUT2D eigenvalue weighted by atomic mass is 10.2. The average molecular weight is 234 g/mol. The van der Waals surface area contributed by atoms with Crippen LogP contribution in [0.3, 0.4) is 0 Å². The Morgan fingerprint density at radius 2 is 1.69 bits per heavy atom. The molecular weight excluding hydrogens is 212 g/mol. The van der Waals surface area contributed by atoms with E-state index in [4.69, 9.17) is 4.43 Å². The Bertz CT molecular complexity index is 315. The quantitative estimate of drug-likeness (QED) is 0.668. The normalized spacial score (nSPS) is 12.2. The van der Waals surface area contributed by atoms with E-state index in [2.05, 4.69) is 56.8 Å². The Hall–Kier alpha value is -0.863. The van der Waals surface area contributed by atoms with Gasteiger partial charge in [-0.15, -0.1) is 0 Å². The van der Waals surface area contributed by atoms with Crippen molar-refractivity contribution in [2.24, 2.45) is 0 Å². The monoisotopic (exact) mass is 234 g/mol. The van der Waals surface area contributed by atoms with Crippen molar-refractivity contribution in [3.05, 3.63) is 41.6 Å². The van der Waals surface area contributed by atoms with Crippen LogP contribution in [0.5, 0.6) is 0 Å². The predicted molar refractivity (Wildman–Crippen MR) is 73.8 cm³/mol. The van der Waals surface area contributed by atoms with Crippen LogP contribution in [-0.4, -0.2) is 14.9 Å². The van der Waals surface area contributed by atoms with Crippen LogP contribution in [0, 0.1) is 0 Å². The molecule has 16 heavy (non-hydrogen) atoms. The number of rotatable bonds is 6. The molecule has 2 heteroatoms. The largest absolute Gasteiger partial charge is 0.413 e. The molecule has 0 bridgehead atoms. The highest BCUT2D eigenvalue weighted by Gasteiger charge is 2.26. The van der Waals surface area contributed by atoms with Crippen LogP contribution in [0.1, 0.15) is 26.3 Å². The maximum atomic E-state index is 6.00. The highest BCUT2D eigenvalue weighted by molar-refractivity contribution is 6.79. The van der Waals surface area contributed by atoms with E-state index in [0.29, 0.717) is 0 Å². The SMILES string of the molecule is CCO[Si](/C=C/c1ccccc1)(CC)CC. The smallest absolute Gasteiger partial charge is 0.216 e. The van der Waals surface area contributed by atoms with Crippen molar-refractivity contribution in [1.82, 2.24) is 0 Å². The Morgan fingerprint density at radius 1 is 1.06 bits per heavy atom. The standard InChI is InChI=1S/C14H22OSi/c1-4-15-16(5-2,6-3)13-12-14-10-8-7-9-11-14/h7-13H,4-6H2,1-3H3/b13-12+. The van der Waals surface area contributed by atoms with E-state index >= 15 is 0 Å². The van der Waals surface area contributed by atoms with E-state index in [0.717, 1.165) is 18.7 Å². The van der Waals surface area contributed by atoms with Crippen molar-refractivity contribution < 1.29 is 4.43 Å². The summed E-state index contributed by atoms with van der Waals surface area (Å²) in [7, 11) is -1.61. The van der Waals surface area contributed by atoms with Gasteiger partial charge in [-0.05, 0) is 24.6 Å². The molecule has 0 fully saturated rings. The van der Waals surface area contributed by atoms with E-state index in [1.54, 1.807) is 0 Å². The first-order valence-electron chi connectivity index (χ1n) is 6.14. The predicted octanol–water partition coefficient (Wildman–Crippen LogP) is 4.26. The number of benzene rings is 1. The van der Waals surface area contributed by atoms with Crippen LogP contribution in [-0.2, 0) is 4.43 Å². The summed E-state index contributed by atoms with van der Waals surface area (Å²) >= 11 is 0. The first-order valence-corrected chi connectivity index (χ1v) is 8.54. The van der Waals surface area contributed by atoms with Gasteiger partial charge in [-0.2, -0.15) is 0 Å². The molecule has 0 aliphatic rings. The lowest BCUT2D eigenvalue weighted by Crippen LogP contribution is -2.34. The summed E-state index contributed by atoms with van der Waals surface area (Å²) in [5, 5.41) is 0. The van der Waals surface area contributed by atoms with Crippen molar-refractivity contribution in [3.8, 4) is 0 Å². The van der Waals surface area contributed by atoms with Gasteiger partial charge in [-0.1, -0.05) is 56.0 Å². The second-order valence-electron chi connectivity index (χ2n) is 3.95. The fourth-order valence-corrected chi connectivity index (χ4v) is 4.38. The lowest BCUT2D eigenvalue weighted by molar-refractivity contribution is 0.329. The Balaban J connectivity index is 2.79. The van der Waals surface area contributed by atoms with Gasteiger partial charge in [0.15, 0.2) is 0 Å². The zero-order chi connectivity index (χ0) is 11.9. The van der Waals surface area contributed by atoms with Crippen molar-refractivity contribution in [2.75, 3.05) is 6.61 Å². The fraction of sp³-hybridized carbons (Fsp3) is 0.429. The maximum absolute atomic E-state index is 6.00. The van der Waals surface area contributed by atoms with Gasteiger partial charge in [0.05, 0.1) is 0 Å². The van der Waals surface area contributed by atoms with Crippen molar-refractivity contribution in [3.63, 3.8) is 0 Å². The first-order chi connectivity index (χ1) is 7.76. The third-order valence-corrected chi connectivity index (χ3v) is 7.04. The molecule has 1 rings (SSSR count). The van der Waals surface area contributed by atoms with Crippen molar-refractivity contribution >= 4 is 14.4 Å². The van der Waals surface area contributed by atoms with E-state index in [1.165, 1.54) is 5.56 Å². The van der Waals surface area contributed by atoms with Crippen molar-refractivity contribution in [2.45, 2.75) is 32.9 Å². The van der Waals surface area contributed by atoms with E-state index < -0.39 is 8.32 Å². The molecule has 1 aromatic carbocycles. The summed E-state index contributed by atoms with van der Waals surface area (Å²) in [6.45, 7) is 7.39. The van der Waals surface area contributed by atoms with Crippen LogP contribution in [0.4, 0.5) is 0 Å². The molecule has 0 radical (unpaired) electrons. The van der Waals surface area contributed by atoms with Gasteiger partial charge < -0.3 is 4.43 Å². The molecule has 0 spiro atoms. The molecule has 1 nitrogen and oxygen atoms in total. The maximum Gasteiger partial charge on any atom is 0.216 e. The van der Waals surface area contributed by atoms with Gasteiger partial charge in [0.2, 0.25) is 8.32 Å². The fourth-order valence-electron chi connectivity index (χ4n) is 1.84. The zero-order valence-corrected chi connectivity index (χ0v) is 11.6. The van der Waals surface area contributed by atoms with Gasteiger partial charge in [-0.3, -0.25) is 0 Å².